The first-order chi connectivity index (χ1) is 17.0. The van der Waals surface area contributed by atoms with Crippen LogP contribution in [-0.2, 0) is 27.2 Å². The predicted octanol–water partition coefficient (Wildman–Crippen LogP) is 3.42. The molecule has 1 aromatic heterocycles. The fourth-order valence-corrected chi connectivity index (χ4v) is 5.00. The number of hydrogen-bond donors (Lipinski definition) is 0. The van der Waals surface area contributed by atoms with Gasteiger partial charge in [-0.3, -0.25) is 4.79 Å². The summed E-state index contributed by atoms with van der Waals surface area (Å²) in [6, 6.07) is 8.05. The summed E-state index contributed by atoms with van der Waals surface area (Å²) in [5, 5.41) is 0. The van der Waals surface area contributed by atoms with Crippen LogP contribution in [0.15, 0.2) is 35.1 Å². The van der Waals surface area contributed by atoms with Gasteiger partial charge in [-0.1, -0.05) is 24.3 Å². The summed E-state index contributed by atoms with van der Waals surface area (Å²) >= 11 is 0. The molecule has 3 aliphatic rings. The highest BCUT2D eigenvalue weighted by atomic mass is 16.6. The Bertz CT molecular complexity index is 1190. The van der Waals surface area contributed by atoms with Crippen molar-refractivity contribution in [1.29, 1.82) is 0 Å². The second-order valence-electron chi connectivity index (χ2n) is 9.10. The summed E-state index contributed by atoms with van der Waals surface area (Å²) in [5.41, 5.74) is 6.32. The van der Waals surface area contributed by atoms with Crippen molar-refractivity contribution in [2.45, 2.75) is 39.3 Å². The molecule has 0 saturated carbocycles. The van der Waals surface area contributed by atoms with Crippen molar-refractivity contribution in [3.05, 3.63) is 57.3 Å². The Kier molecular flexibility index (Phi) is 6.92. The van der Waals surface area contributed by atoms with Crippen LogP contribution in [0.4, 0.5) is 4.79 Å². The van der Waals surface area contributed by atoms with Gasteiger partial charge in [0.2, 0.25) is 0 Å². The van der Waals surface area contributed by atoms with Crippen LogP contribution >= 0.6 is 0 Å². The summed E-state index contributed by atoms with van der Waals surface area (Å²) < 4.78 is 24.4. The maximum Gasteiger partial charge on any atom is 0.410 e. The lowest BCUT2D eigenvalue weighted by atomic mass is 9.90. The van der Waals surface area contributed by atoms with E-state index in [1.807, 2.05) is 13.8 Å². The van der Waals surface area contributed by atoms with E-state index in [4.69, 9.17) is 18.9 Å². The second-order valence-corrected chi connectivity index (χ2v) is 9.10. The monoisotopic (exact) mass is 480 g/mol. The van der Waals surface area contributed by atoms with E-state index in [-0.39, 0.29) is 17.6 Å². The molecule has 3 aliphatic heterocycles. The molecule has 5 rings (SSSR count). The zero-order chi connectivity index (χ0) is 24.4. The number of aryl methyl sites for hydroxylation is 1. The van der Waals surface area contributed by atoms with Crippen LogP contribution < -0.4 is 10.2 Å². The molecule has 35 heavy (non-hydrogen) atoms. The van der Waals surface area contributed by atoms with E-state index >= 15 is 0 Å². The van der Waals surface area contributed by atoms with Gasteiger partial charge in [-0.2, -0.15) is 0 Å². The van der Waals surface area contributed by atoms with Gasteiger partial charge in [0.15, 0.2) is 11.3 Å². The number of benzene rings is 1. The van der Waals surface area contributed by atoms with Crippen LogP contribution in [0.5, 0.6) is 5.88 Å². The topological polar surface area (TPSA) is 79.2 Å². The number of rotatable bonds is 5. The zero-order valence-electron chi connectivity index (χ0n) is 20.4. The summed E-state index contributed by atoms with van der Waals surface area (Å²) in [7, 11) is 0. The molecule has 2 aromatic rings. The fourth-order valence-electron chi connectivity index (χ4n) is 5.00. The van der Waals surface area contributed by atoms with E-state index in [0.29, 0.717) is 52.0 Å². The van der Waals surface area contributed by atoms with Gasteiger partial charge in [-0.15, -0.1) is 0 Å². The summed E-state index contributed by atoms with van der Waals surface area (Å²) in [5.74, 6) is 0.577. The highest BCUT2D eigenvalue weighted by Crippen LogP contribution is 2.36. The highest BCUT2D eigenvalue weighted by molar-refractivity contribution is 5.76. The van der Waals surface area contributed by atoms with Gasteiger partial charge < -0.3 is 28.4 Å². The van der Waals surface area contributed by atoms with Gasteiger partial charge in [0.05, 0.1) is 32.1 Å². The van der Waals surface area contributed by atoms with E-state index in [9.17, 15) is 9.59 Å². The van der Waals surface area contributed by atoms with Crippen LogP contribution in [0, 0.1) is 6.92 Å². The zero-order valence-corrected chi connectivity index (χ0v) is 20.4. The van der Waals surface area contributed by atoms with Crippen molar-refractivity contribution in [3.63, 3.8) is 0 Å². The Morgan fingerprint density at radius 1 is 1.17 bits per heavy atom. The average molecular weight is 481 g/mol. The van der Waals surface area contributed by atoms with E-state index in [1.54, 1.807) is 11.0 Å². The molecule has 0 spiro atoms. The van der Waals surface area contributed by atoms with E-state index in [1.165, 1.54) is 16.7 Å². The van der Waals surface area contributed by atoms with Gasteiger partial charge in [0, 0.05) is 36.8 Å². The molecule has 1 aromatic carbocycles. The van der Waals surface area contributed by atoms with Crippen molar-refractivity contribution >= 4 is 11.7 Å². The summed E-state index contributed by atoms with van der Waals surface area (Å²) in [6.07, 6.45) is 3.36. The van der Waals surface area contributed by atoms with Gasteiger partial charge >= 0.3 is 6.09 Å². The molecule has 8 heteroatoms. The minimum Gasteiger partial charge on any atom is -0.476 e. The van der Waals surface area contributed by atoms with E-state index < -0.39 is 0 Å². The predicted molar refractivity (Wildman–Crippen MR) is 132 cm³/mol. The number of aromatic nitrogens is 1. The van der Waals surface area contributed by atoms with Crippen molar-refractivity contribution in [1.82, 2.24) is 9.47 Å². The van der Waals surface area contributed by atoms with E-state index in [0.717, 1.165) is 36.2 Å². The fraction of sp³-hybridized carbons (Fsp3) is 0.481. The van der Waals surface area contributed by atoms with Crippen molar-refractivity contribution in [2.75, 3.05) is 46.1 Å². The normalized spacial score (nSPS) is 19.4. The molecule has 1 amide bonds. The van der Waals surface area contributed by atoms with Gasteiger partial charge in [0.1, 0.15) is 12.7 Å². The number of fused-ring (bicyclic) bond motifs is 3. The van der Waals surface area contributed by atoms with Gasteiger partial charge in [0.25, 0.3) is 0 Å². The third-order valence-corrected chi connectivity index (χ3v) is 6.89. The molecular weight excluding hydrogens is 448 g/mol. The summed E-state index contributed by atoms with van der Waals surface area (Å²) in [4.78, 5) is 26.5. The highest BCUT2D eigenvalue weighted by Gasteiger charge is 2.25. The molecule has 0 aliphatic carbocycles. The Labute approximate surface area is 205 Å². The molecule has 186 valence electrons. The summed E-state index contributed by atoms with van der Waals surface area (Å²) in [6.45, 7) is 8.05. The third kappa shape index (κ3) is 4.86. The molecule has 1 fully saturated rings. The van der Waals surface area contributed by atoms with Crippen molar-refractivity contribution in [3.8, 4) is 17.1 Å². The SMILES string of the molecule is CCOC(=O)N1CC=C(c2ccc3c(c2)CCn2c(OC[C@@H]4COCCO4)cc(=O)c(C)c2-3)CC1. The molecular formula is C27H32N2O6. The second kappa shape index (κ2) is 10.3. The van der Waals surface area contributed by atoms with Crippen LogP contribution in [0.3, 0.4) is 0 Å². The van der Waals surface area contributed by atoms with Crippen LogP contribution in [0.1, 0.15) is 30.0 Å². The van der Waals surface area contributed by atoms with Crippen molar-refractivity contribution in [2.24, 2.45) is 0 Å². The Balaban J connectivity index is 1.39. The van der Waals surface area contributed by atoms with Gasteiger partial charge in [-0.25, -0.2) is 4.79 Å². The number of ether oxygens (including phenoxy) is 4. The van der Waals surface area contributed by atoms with E-state index in [2.05, 4.69) is 28.8 Å². The number of carbonyl (C=O) groups is 1. The first kappa shape index (κ1) is 23.6. The molecule has 1 saturated heterocycles. The molecule has 0 unspecified atom stereocenters. The molecule has 4 heterocycles. The van der Waals surface area contributed by atoms with Crippen LogP contribution in [0.2, 0.25) is 0 Å². The lowest BCUT2D eigenvalue weighted by molar-refractivity contribution is -0.102. The molecule has 0 N–H and O–H groups in total. The standard InChI is InChI=1S/C27H32N2O6/c1-3-33-27(31)28-9-6-19(7-10-28)20-4-5-23-21(14-20)8-11-29-25(15-24(30)18(2)26(23)29)35-17-22-16-32-12-13-34-22/h4-6,14-15,22H,3,7-13,16-17H2,1-2H3/t22-/m0/s1. The Morgan fingerprint density at radius 3 is 2.80 bits per heavy atom. The lowest BCUT2D eigenvalue weighted by Crippen LogP contribution is -2.35. The quantitative estimate of drug-likeness (QED) is 0.653. The lowest BCUT2D eigenvalue weighted by Gasteiger charge is -2.29. The Morgan fingerprint density at radius 2 is 2.06 bits per heavy atom. The van der Waals surface area contributed by atoms with Crippen LogP contribution in [0.25, 0.3) is 16.8 Å². The number of hydrogen-bond acceptors (Lipinski definition) is 6. The smallest absolute Gasteiger partial charge is 0.410 e. The minimum atomic E-state index is -0.258. The largest absolute Gasteiger partial charge is 0.476 e. The van der Waals surface area contributed by atoms with Crippen molar-refractivity contribution < 1.29 is 23.7 Å². The maximum atomic E-state index is 12.8. The molecule has 1 atom stereocenters. The van der Waals surface area contributed by atoms with Gasteiger partial charge in [-0.05, 0) is 43.4 Å². The Hall–Kier alpha value is -3.10. The molecule has 8 nitrogen and oxygen atoms in total. The number of carbonyl (C=O) groups excluding carboxylic acids is 1. The third-order valence-electron chi connectivity index (χ3n) is 6.89. The first-order valence-electron chi connectivity index (χ1n) is 12.4. The average Bonchev–Trinajstić information content (AvgIpc) is 2.90. The number of nitrogens with zero attached hydrogens (tertiary/aromatic N) is 2. The molecule has 0 radical (unpaired) electrons. The first-order valence-corrected chi connectivity index (χ1v) is 12.4. The minimum absolute atomic E-state index is 0.0296. The number of amides is 1. The maximum absolute atomic E-state index is 12.8. The number of pyridine rings is 1. The van der Waals surface area contributed by atoms with Crippen LogP contribution in [-0.4, -0.2) is 67.8 Å². The molecule has 0 bridgehead atoms.